The van der Waals surface area contributed by atoms with Crippen LogP contribution in [0.1, 0.15) is 11.1 Å². The fraction of sp³-hybridized carbons (Fsp3) is 0.308. The van der Waals surface area contributed by atoms with Crippen molar-refractivity contribution in [1.82, 2.24) is 0 Å². The molecule has 0 saturated carbocycles. The normalized spacial score (nSPS) is 15.8. The average Bonchev–Trinajstić information content (AvgIpc) is 2.23. The zero-order chi connectivity index (χ0) is 13.0. The maximum atomic E-state index is 13.4. The summed E-state index contributed by atoms with van der Waals surface area (Å²) in [7, 11) is 0. The summed E-state index contributed by atoms with van der Waals surface area (Å²) in [6, 6.07) is 4.60. The first-order valence-electron chi connectivity index (χ1n) is 5.53. The fourth-order valence-electron chi connectivity index (χ4n) is 1.55. The third kappa shape index (κ3) is 3.85. The van der Waals surface area contributed by atoms with Gasteiger partial charge in [0.1, 0.15) is 5.82 Å². The second kappa shape index (κ2) is 6.02. The van der Waals surface area contributed by atoms with E-state index in [1.54, 1.807) is 17.8 Å². The van der Waals surface area contributed by atoms with Crippen LogP contribution in [0.25, 0.3) is 6.08 Å². The molecule has 0 atom stereocenters. The quantitative estimate of drug-likeness (QED) is 0.834. The Labute approximate surface area is 109 Å². The van der Waals surface area contributed by atoms with E-state index >= 15 is 0 Å². The summed E-state index contributed by atoms with van der Waals surface area (Å²) in [5, 5.41) is 9.02. The first-order chi connectivity index (χ1) is 8.63. The lowest BCUT2D eigenvalue weighted by atomic mass is 10.1. The summed E-state index contributed by atoms with van der Waals surface area (Å²) in [6.45, 7) is 1.51. The molecule has 1 aromatic carbocycles. The summed E-state index contributed by atoms with van der Waals surface area (Å²) in [5.41, 5.74) is 1.43. The second-order valence-electron chi connectivity index (χ2n) is 4.03. The van der Waals surface area contributed by atoms with Crippen molar-refractivity contribution in [2.24, 2.45) is 0 Å². The van der Waals surface area contributed by atoms with Crippen LogP contribution in [0.2, 0.25) is 0 Å². The Morgan fingerprint density at radius 1 is 1.50 bits per heavy atom. The molecule has 0 radical (unpaired) electrons. The number of ether oxygens (including phenoxy) is 1. The van der Waals surface area contributed by atoms with Gasteiger partial charge in [-0.2, -0.15) is 0 Å². The highest BCUT2D eigenvalue weighted by atomic mass is 32.2. The highest BCUT2D eigenvalue weighted by molar-refractivity contribution is 7.99. The number of carboxylic acid groups (broad SMARTS) is 1. The lowest BCUT2D eigenvalue weighted by molar-refractivity contribution is -0.131. The van der Waals surface area contributed by atoms with Crippen molar-refractivity contribution >= 4 is 23.8 Å². The van der Waals surface area contributed by atoms with Gasteiger partial charge in [-0.3, -0.25) is 0 Å². The first-order valence-corrected chi connectivity index (χ1v) is 6.58. The van der Waals surface area contributed by atoms with Gasteiger partial charge in [-0.05, 0) is 29.3 Å². The van der Waals surface area contributed by atoms with Crippen molar-refractivity contribution in [3.63, 3.8) is 0 Å². The van der Waals surface area contributed by atoms with Gasteiger partial charge in [0, 0.05) is 11.8 Å². The molecule has 3 nitrogen and oxygen atoms in total. The Hall–Kier alpha value is -1.33. The minimum absolute atomic E-state index is 0.344. The number of hydrogen-bond donors (Lipinski definition) is 1. The van der Waals surface area contributed by atoms with E-state index in [0.29, 0.717) is 16.6 Å². The molecule has 96 valence electrons. The third-order valence-corrected chi connectivity index (χ3v) is 3.74. The number of hydrogen-bond acceptors (Lipinski definition) is 3. The molecule has 2 rings (SSSR count). The lowest BCUT2D eigenvalue weighted by Crippen LogP contribution is -2.30. The maximum absolute atomic E-state index is 13.4. The summed E-state index contributed by atoms with van der Waals surface area (Å²) >= 11 is 1.73. The number of halogens is 1. The molecule has 5 heteroatoms. The third-order valence-electron chi connectivity index (χ3n) is 2.49. The van der Waals surface area contributed by atoms with Crippen LogP contribution < -0.4 is 0 Å². The van der Waals surface area contributed by atoms with Gasteiger partial charge in [-0.25, -0.2) is 9.18 Å². The Balaban J connectivity index is 2.02. The largest absolute Gasteiger partial charge is 0.478 e. The molecule has 1 fully saturated rings. The molecule has 1 saturated heterocycles. The number of carbonyl (C=O) groups is 1. The molecule has 0 aliphatic carbocycles. The van der Waals surface area contributed by atoms with E-state index in [2.05, 4.69) is 0 Å². The number of carboxylic acids is 1. The Morgan fingerprint density at radius 2 is 2.28 bits per heavy atom. The highest BCUT2D eigenvalue weighted by Crippen LogP contribution is 2.24. The molecule has 0 unspecified atom stereocenters. The summed E-state index contributed by atoms with van der Waals surface area (Å²) < 4.78 is 18.4. The lowest BCUT2D eigenvalue weighted by Gasteiger charge is -2.25. The van der Waals surface area contributed by atoms with Gasteiger partial charge in [-0.1, -0.05) is 6.07 Å². The van der Waals surface area contributed by atoms with Crippen LogP contribution in [0.4, 0.5) is 4.39 Å². The molecule has 0 bridgehead atoms. The molecule has 18 heavy (non-hydrogen) atoms. The Kier molecular flexibility index (Phi) is 4.38. The van der Waals surface area contributed by atoms with Crippen molar-refractivity contribution in [1.29, 1.82) is 0 Å². The van der Waals surface area contributed by atoms with Crippen molar-refractivity contribution in [3.8, 4) is 0 Å². The van der Waals surface area contributed by atoms with Gasteiger partial charge < -0.3 is 9.84 Å². The minimum Gasteiger partial charge on any atom is -0.478 e. The average molecular weight is 268 g/mol. The standard InChI is InChI=1S/C13H13FO3S/c14-11-4-9(1-2-13(15)16)3-10(5-11)8-18-12-6-17-7-12/h1-5,12H,6-8H2,(H,15,16). The first kappa shape index (κ1) is 13.1. The number of aliphatic carboxylic acids is 1. The minimum atomic E-state index is -1.04. The SMILES string of the molecule is O=C(O)C=Cc1cc(F)cc(CSC2COC2)c1. The van der Waals surface area contributed by atoms with E-state index in [-0.39, 0.29) is 5.82 Å². The highest BCUT2D eigenvalue weighted by Gasteiger charge is 2.18. The molecule has 1 N–H and O–H groups in total. The van der Waals surface area contributed by atoms with Gasteiger partial charge in [0.2, 0.25) is 0 Å². The summed E-state index contributed by atoms with van der Waals surface area (Å²) in [6.07, 6.45) is 2.40. The number of rotatable bonds is 5. The molecule has 1 aliphatic heterocycles. The second-order valence-corrected chi connectivity index (χ2v) is 5.32. The predicted molar refractivity (Wildman–Crippen MR) is 69.0 cm³/mol. The number of benzene rings is 1. The monoisotopic (exact) mass is 268 g/mol. The predicted octanol–water partition coefficient (Wildman–Crippen LogP) is 2.56. The van der Waals surface area contributed by atoms with Crippen LogP contribution >= 0.6 is 11.8 Å². The van der Waals surface area contributed by atoms with E-state index in [1.807, 2.05) is 0 Å². The van der Waals surface area contributed by atoms with Gasteiger partial charge in [0.25, 0.3) is 0 Å². The van der Waals surface area contributed by atoms with E-state index in [1.165, 1.54) is 18.2 Å². The van der Waals surface area contributed by atoms with Crippen molar-refractivity contribution in [3.05, 3.63) is 41.2 Å². The van der Waals surface area contributed by atoms with Crippen LogP contribution in [0, 0.1) is 5.82 Å². The molecular weight excluding hydrogens is 255 g/mol. The van der Waals surface area contributed by atoms with Gasteiger partial charge >= 0.3 is 5.97 Å². The van der Waals surface area contributed by atoms with Crippen molar-refractivity contribution < 1.29 is 19.0 Å². The molecular formula is C13H13FO3S. The summed E-state index contributed by atoms with van der Waals surface area (Å²) in [5.74, 6) is -0.676. The molecule has 1 aromatic rings. The van der Waals surface area contributed by atoms with Gasteiger partial charge in [0.05, 0.1) is 18.5 Å². The number of thioether (sulfide) groups is 1. The topological polar surface area (TPSA) is 46.5 Å². The van der Waals surface area contributed by atoms with Crippen LogP contribution in [0.3, 0.4) is 0 Å². The van der Waals surface area contributed by atoms with E-state index < -0.39 is 5.97 Å². The molecule has 1 heterocycles. The van der Waals surface area contributed by atoms with Gasteiger partial charge in [0.15, 0.2) is 0 Å². The summed E-state index contributed by atoms with van der Waals surface area (Å²) in [4.78, 5) is 10.4. The smallest absolute Gasteiger partial charge is 0.328 e. The molecule has 1 aliphatic rings. The van der Waals surface area contributed by atoms with Crippen LogP contribution in [-0.4, -0.2) is 29.5 Å². The van der Waals surface area contributed by atoms with Crippen LogP contribution in [0.15, 0.2) is 24.3 Å². The molecule has 0 amide bonds. The van der Waals surface area contributed by atoms with Crippen LogP contribution in [0.5, 0.6) is 0 Å². The zero-order valence-electron chi connectivity index (χ0n) is 9.64. The van der Waals surface area contributed by atoms with E-state index in [9.17, 15) is 9.18 Å². The van der Waals surface area contributed by atoms with E-state index in [4.69, 9.17) is 9.84 Å². The van der Waals surface area contributed by atoms with Crippen molar-refractivity contribution in [2.75, 3.05) is 13.2 Å². The zero-order valence-corrected chi connectivity index (χ0v) is 10.5. The fourth-order valence-corrected chi connectivity index (χ4v) is 2.53. The van der Waals surface area contributed by atoms with Gasteiger partial charge in [-0.15, -0.1) is 11.8 Å². The van der Waals surface area contributed by atoms with Crippen molar-refractivity contribution in [2.45, 2.75) is 11.0 Å². The Bertz CT molecular complexity index is 469. The maximum Gasteiger partial charge on any atom is 0.328 e. The molecule has 0 aromatic heterocycles. The van der Waals surface area contributed by atoms with E-state index in [0.717, 1.165) is 24.9 Å². The Morgan fingerprint density at radius 3 is 2.89 bits per heavy atom. The molecule has 0 spiro atoms. The van der Waals surface area contributed by atoms with Crippen LogP contribution in [-0.2, 0) is 15.3 Å².